The summed E-state index contributed by atoms with van der Waals surface area (Å²) < 4.78 is 40.0. The van der Waals surface area contributed by atoms with E-state index in [2.05, 4.69) is 15.1 Å². The number of nitrogens with one attached hydrogen (secondary N) is 1. The Labute approximate surface area is 222 Å². The Kier molecular flexibility index (Phi) is 6.36. The first-order chi connectivity index (χ1) is 18.3. The minimum absolute atomic E-state index is 0.00815. The number of halogens is 1. The topological polar surface area (TPSA) is 94.3 Å². The molecule has 4 fully saturated rings. The molecule has 0 spiro atoms. The predicted octanol–water partition coefficient (Wildman–Crippen LogP) is 3.68. The van der Waals surface area contributed by atoms with Crippen molar-refractivity contribution in [3.63, 3.8) is 0 Å². The molecule has 0 amide bonds. The molecular formula is C28H31FN6O2S. The molecule has 4 aliphatic heterocycles. The van der Waals surface area contributed by atoms with Gasteiger partial charge in [-0.15, -0.1) is 5.10 Å². The standard InChI is InChI=1S/C28H31FN6O2S/c29-25-17-21(1-2-22(25)19-30)26-18-27(31-20-28-7-10-33(11-8-28)12-9-28)32-35(26)24-5-3-23(4-6-24)34-13-15-38(36,37)16-14-34/h1-6,17-18H,7-16,20H2,(H,31,32). The van der Waals surface area contributed by atoms with Crippen LogP contribution in [0, 0.1) is 22.6 Å². The maximum Gasteiger partial charge on any atom is 0.153 e. The van der Waals surface area contributed by atoms with Crippen LogP contribution in [0.4, 0.5) is 15.9 Å². The number of anilines is 2. The van der Waals surface area contributed by atoms with E-state index in [9.17, 15) is 12.8 Å². The smallest absolute Gasteiger partial charge is 0.153 e. The second kappa shape index (κ2) is 9.71. The lowest BCUT2D eigenvalue weighted by atomic mass is 9.72. The molecule has 3 aromatic rings. The molecule has 4 saturated heterocycles. The van der Waals surface area contributed by atoms with Crippen molar-refractivity contribution in [2.75, 3.05) is 61.0 Å². The van der Waals surface area contributed by atoms with Crippen molar-refractivity contribution in [1.29, 1.82) is 5.26 Å². The molecule has 0 atom stereocenters. The summed E-state index contributed by atoms with van der Waals surface area (Å²) in [6.07, 6.45) is 3.56. The van der Waals surface area contributed by atoms with E-state index in [1.165, 1.54) is 31.4 Å². The largest absolute Gasteiger partial charge is 0.369 e. The van der Waals surface area contributed by atoms with E-state index >= 15 is 0 Å². The Morgan fingerprint density at radius 3 is 2.24 bits per heavy atom. The van der Waals surface area contributed by atoms with Gasteiger partial charge in [-0.2, -0.15) is 5.26 Å². The Hall–Kier alpha value is -3.42. The van der Waals surface area contributed by atoms with Crippen molar-refractivity contribution in [1.82, 2.24) is 14.7 Å². The normalized spacial score (nSPS) is 24.2. The predicted molar refractivity (Wildman–Crippen MR) is 146 cm³/mol. The number of piperidine rings is 3. The molecule has 38 heavy (non-hydrogen) atoms. The number of hydrogen-bond donors (Lipinski definition) is 1. The van der Waals surface area contributed by atoms with Crippen molar-refractivity contribution in [3.8, 4) is 23.0 Å². The van der Waals surface area contributed by atoms with E-state index in [-0.39, 0.29) is 17.1 Å². The molecule has 0 unspecified atom stereocenters. The molecule has 1 N–H and O–H groups in total. The van der Waals surface area contributed by atoms with Crippen LogP contribution in [0.15, 0.2) is 48.5 Å². The fourth-order valence-corrected chi connectivity index (χ4v) is 7.05. The summed E-state index contributed by atoms with van der Waals surface area (Å²) >= 11 is 0. The Morgan fingerprint density at radius 1 is 0.947 bits per heavy atom. The monoisotopic (exact) mass is 534 g/mol. The van der Waals surface area contributed by atoms with Gasteiger partial charge in [0, 0.05) is 37.0 Å². The van der Waals surface area contributed by atoms with Crippen molar-refractivity contribution < 1.29 is 12.8 Å². The molecule has 4 aliphatic rings. The van der Waals surface area contributed by atoms with Gasteiger partial charge >= 0.3 is 0 Å². The number of nitriles is 1. The number of fused-ring (bicyclic) bond motifs is 3. The third-order valence-electron chi connectivity index (χ3n) is 8.42. The van der Waals surface area contributed by atoms with Crippen LogP contribution in [0.2, 0.25) is 0 Å². The Balaban J connectivity index is 1.29. The van der Waals surface area contributed by atoms with E-state index in [1.54, 1.807) is 10.7 Å². The van der Waals surface area contributed by atoms with Crippen LogP contribution in [0.3, 0.4) is 0 Å². The molecule has 8 nitrogen and oxygen atoms in total. The molecule has 2 aromatic carbocycles. The van der Waals surface area contributed by atoms with Gasteiger partial charge in [-0.25, -0.2) is 17.5 Å². The minimum atomic E-state index is -2.95. The first-order valence-electron chi connectivity index (χ1n) is 13.2. The van der Waals surface area contributed by atoms with E-state index < -0.39 is 15.7 Å². The van der Waals surface area contributed by atoms with Crippen LogP contribution in [-0.4, -0.2) is 73.9 Å². The third-order valence-corrected chi connectivity index (χ3v) is 10.0. The molecule has 5 heterocycles. The SMILES string of the molecule is N#Cc1ccc(-c2cc(NCC34CCN(CC3)CC4)nn2-c2ccc(N3CCS(=O)(=O)CC3)cc2)cc1F. The van der Waals surface area contributed by atoms with Crippen LogP contribution in [0.5, 0.6) is 0 Å². The van der Waals surface area contributed by atoms with Gasteiger partial charge in [0.05, 0.1) is 28.5 Å². The van der Waals surface area contributed by atoms with Gasteiger partial charge in [0.25, 0.3) is 0 Å². The summed E-state index contributed by atoms with van der Waals surface area (Å²) in [5.41, 5.74) is 3.44. The molecule has 0 saturated carbocycles. The summed E-state index contributed by atoms with van der Waals surface area (Å²) in [5.74, 6) is 0.501. The van der Waals surface area contributed by atoms with Gasteiger partial charge in [0.15, 0.2) is 9.84 Å². The summed E-state index contributed by atoms with van der Waals surface area (Å²) in [6.45, 7) is 5.28. The lowest BCUT2D eigenvalue weighted by Gasteiger charge is -2.48. The lowest BCUT2D eigenvalue weighted by Crippen LogP contribution is -2.50. The summed E-state index contributed by atoms with van der Waals surface area (Å²) in [5, 5.41) is 17.6. The van der Waals surface area contributed by atoms with Crippen molar-refractivity contribution >= 4 is 21.3 Å². The second-order valence-electron chi connectivity index (χ2n) is 10.7. The highest BCUT2D eigenvalue weighted by atomic mass is 32.2. The van der Waals surface area contributed by atoms with Gasteiger partial charge in [-0.3, -0.25) is 0 Å². The van der Waals surface area contributed by atoms with Gasteiger partial charge in [0.2, 0.25) is 0 Å². The zero-order chi connectivity index (χ0) is 26.3. The van der Waals surface area contributed by atoms with Crippen LogP contribution in [0.1, 0.15) is 24.8 Å². The van der Waals surface area contributed by atoms with Crippen molar-refractivity contribution in [2.24, 2.45) is 5.41 Å². The van der Waals surface area contributed by atoms with Gasteiger partial charge in [-0.1, -0.05) is 6.07 Å². The summed E-state index contributed by atoms with van der Waals surface area (Å²) in [6, 6.07) is 16.3. The van der Waals surface area contributed by atoms with E-state index in [1.807, 2.05) is 36.4 Å². The fraction of sp³-hybridized carbons (Fsp3) is 0.429. The molecule has 10 heteroatoms. The minimum Gasteiger partial charge on any atom is -0.369 e. The van der Waals surface area contributed by atoms with Gasteiger partial charge in [-0.05, 0) is 80.7 Å². The van der Waals surface area contributed by atoms with E-state index in [0.29, 0.717) is 24.1 Å². The van der Waals surface area contributed by atoms with Crippen LogP contribution in [-0.2, 0) is 9.84 Å². The Morgan fingerprint density at radius 2 is 1.61 bits per heavy atom. The number of sulfone groups is 1. The first kappa shape index (κ1) is 24.9. The quantitative estimate of drug-likeness (QED) is 0.516. The number of aromatic nitrogens is 2. The van der Waals surface area contributed by atoms with E-state index in [0.717, 1.165) is 49.1 Å². The van der Waals surface area contributed by atoms with Crippen molar-refractivity contribution in [2.45, 2.75) is 19.3 Å². The number of nitrogens with zero attached hydrogens (tertiary/aromatic N) is 5. The molecule has 198 valence electrons. The molecular weight excluding hydrogens is 503 g/mol. The van der Waals surface area contributed by atoms with Crippen LogP contribution < -0.4 is 10.2 Å². The molecule has 7 rings (SSSR count). The average molecular weight is 535 g/mol. The van der Waals surface area contributed by atoms with Gasteiger partial charge < -0.3 is 15.1 Å². The van der Waals surface area contributed by atoms with E-state index in [4.69, 9.17) is 10.4 Å². The number of hydrogen-bond acceptors (Lipinski definition) is 7. The number of benzene rings is 2. The summed E-state index contributed by atoms with van der Waals surface area (Å²) in [7, 11) is -2.95. The molecule has 1 aromatic heterocycles. The molecule has 0 aliphatic carbocycles. The highest BCUT2D eigenvalue weighted by Gasteiger charge is 2.39. The fourth-order valence-electron chi connectivity index (χ4n) is 5.85. The molecule has 0 radical (unpaired) electrons. The summed E-state index contributed by atoms with van der Waals surface area (Å²) in [4.78, 5) is 4.60. The first-order valence-corrected chi connectivity index (χ1v) is 15.0. The van der Waals surface area contributed by atoms with Crippen LogP contribution >= 0.6 is 0 Å². The Bertz CT molecular complexity index is 1460. The average Bonchev–Trinajstić information content (AvgIpc) is 3.38. The zero-order valence-corrected chi connectivity index (χ0v) is 22.1. The highest BCUT2D eigenvalue weighted by Crippen LogP contribution is 2.40. The van der Waals surface area contributed by atoms with Gasteiger partial charge in [0.1, 0.15) is 17.7 Å². The zero-order valence-electron chi connectivity index (χ0n) is 21.2. The van der Waals surface area contributed by atoms with Crippen molar-refractivity contribution in [3.05, 3.63) is 59.9 Å². The maximum atomic E-state index is 14.6. The third kappa shape index (κ3) is 4.88. The second-order valence-corrected chi connectivity index (χ2v) is 13.0. The molecule has 2 bridgehead atoms. The van der Waals surface area contributed by atoms with Crippen LogP contribution in [0.25, 0.3) is 16.9 Å². The number of rotatable bonds is 6. The highest BCUT2D eigenvalue weighted by molar-refractivity contribution is 7.91. The lowest BCUT2D eigenvalue weighted by molar-refractivity contribution is 0.0360. The maximum absolute atomic E-state index is 14.6.